The van der Waals surface area contributed by atoms with Crippen LogP contribution in [0.25, 0.3) is 0 Å². The van der Waals surface area contributed by atoms with Gasteiger partial charge in [-0.3, -0.25) is 5.43 Å². The van der Waals surface area contributed by atoms with Gasteiger partial charge in [0.2, 0.25) is 0 Å². The Bertz CT molecular complexity index is 574. The summed E-state index contributed by atoms with van der Waals surface area (Å²) in [5.41, 5.74) is 7.03. The minimum Gasteiger partial charge on any atom is -0.278 e. The van der Waals surface area contributed by atoms with Crippen LogP contribution in [0.2, 0.25) is 0 Å². The second kappa shape index (κ2) is 6.14. The summed E-state index contributed by atoms with van der Waals surface area (Å²) >= 11 is 0. The molecule has 0 aromatic heterocycles. The van der Waals surface area contributed by atoms with Crippen molar-refractivity contribution >= 4 is 11.4 Å². The number of benzene rings is 2. The molecule has 0 bridgehead atoms. The summed E-state index contributed by atoms with van der Waals surface area (Å²) in [5.74, 6) is -0.230. The Labute approximate surface area is 113 Å². The first kappa shape index (κ1) is 13.3. The molecule has 0 spiro atoms. The number of halogens is 1. The Morgan fingerprint density at radius 2 is 1.79 bits per heavy atom. The lowest BCUT2D eigenvalue weighted by molar-refractivity contribution is 0.627. The van der Waals surface area contributed by atoms with Crippen molar-refractivity contribution in [3.8, 4) is 0 Å². The molecular weight excluding hydrogens is 239 g/mol. The standard InChI is InChI=1S/C16H17FN2/c1-3-15(13-8-10-14(17)11-9-13)18-19-16-7-5-4-6-12(16)2/h4-11,19H,3H2,1-2H3/b18-15-. The number of nitrogens with one attached hydrogen (secondary N) is 1. The van der Waals surface area contributed by atoms with E-state index in [9.17, 15) is 4.39 Å². The first-order valence-electron chi connectivity index (χ1n) is 6.35. The molecule has 0 unspecified atom stereocenters. The molecule has 0 aliphatic rings. The minimum absolute atomic E-state index is 0.230. The highest BCUT2D eigenvalue weighted by molar-refractivity contribution is 6.00. The summed E-state index contributed by atoms with van der Waals surface area (Å²) in [4.78, 5) is 0. The maximum absolute atomic E-state index is 12.9. The van der Waals surface area contributed by atoms with Crippen molar-refractivity contribution < 1.29 is 4.39 Å². The maximum atomic E-state index is 12.9. The highest BCUT2D eigenvalue weighted by Gasteiger charge is 2.02. The maximum Gasteiger partial charge on any atom is 0.123 e. The van der Waals surface area contributed by atoms with E-state index in [2.05, 4.69) is 10.5 Å². The van der Waals surface area contributed by atoms with Gasteiger partial charge in [-0.25, -0.2) is 4.39 Å². The van der Waals surface area contributed by atoms with Gasteiger partial charge in [-0.15, -0.1) is 0 Å². The van der Waals surface area contributed by atoms with E-state index < -0.39 is 0 Å². The second-order valence-electron chi connectivity index (χ2n) is 4.35. The summed E-state index contributed by atoms with van der Waals surface area (Å²) in [6.45, 7) is 4.06. The molecule has 0 atom stereocenters. The number of hydrogen-bond donors (Lipinski definition) is 1. The SMILES string of the molecule is CC/C(=N/Nc1ccccc1C)c1ccc(F)cc1. The molecule has 1 N–H and O–H groups in total. The molecule has 0 aliphatic carbocycles. The lowest BCUT2D eigenvalue weighted by Gasteiger charge is -2.08. The molecule has 0 radical (unpaired) electrons. The first-order chi connectivity index (χ1) is 9.20. The quantitative estimate of drug-likeness (QED) is 0.638. The zero-order chi connectivity index (χ0) is 13.7. The van der Waals surface area contributed by atoms with Crippen LogP contribution in [0.4, 0.5) is 10.1 Å². The van der Waals surface area contributed by atoms with Gasteiger partial charge in [0.25, 0.3) is 0 Å². The van der Waals surface area contributed by atoms with Crippen LogP contribution in [0.5, 0.6) is 0 Å². The summed E-state index contributed by atoms with van der Waals surface area (Å²) < 4.78 is 12.9. The molecule has 0 fully saturated rings. The number of aryl methyl sites for hydroxylation is 1. The van der Waals surface area contributed by atoms with Crippen molar-refractivity contribution in [1.29, 1.82) is 0 Å². The van der Waals surface area contributed by atoms with Crippen LogP contribution in [-0.2, 0) is 0 Å². The van der Waals surface area contributed by atoms with Gasteiger partial charge in [0.15, 0.2) is 0 Å². The number of para-hydroxylation sites is 1. The van der Waals surface area contributed by atoms with Crippen molar-refractivity contribution in [2.75, 3.05) is 5.43 Å². The van der Waals surface area contributed by atoms with Gasteiger partial charge in [0.1, 0.15) is 5.82 Å². The van der Waals surface area contributed by atoms with Gasteiger partial charge in [-0.05, 0) is 42.7 Å². The number of rotatable bonds is 4. The highest BCUT2D eigenvalue weighted by atomic mass is 19.1. The fourth-order valence-electron chi connectivity index (χ4n) is 1.82. The van der Waals surface area contributed by atoms with E-state index in [0.29, 0.717) is 0 Å². The van der Waals surface area contributed by atoms with Crippen molar-refractivity contribution in [3.05, 3.63) is 65.5 Å². The van der Waals surface area contributed by atoms with Gasteiger partial charge in [-0.2, -0.15) is 5.10 Å². The summed E-state index contributed by atoms with van der Waals surface area (Å²) in [7, 11) is 0. The zero-order valence-electron chi connectivity index (χ0n) is 11.2. The van der Waals surface area contributed by atoms with Crippen LogP contribution in [-0.4, -0.2) is 5.71 Å². The second-order valence-corrected chi connectivity index (χ2v) is 4.35. The van der Waals surface area contributed by atoms with Gasteiger partial charge < -0.3 is 0 Å². The predicted molar refractivity (Wildman–Crippen MR) is 78.0 cm³/mol. The predicted octanol–water partition coefficient (Wildman–Crippen LogP) is 4.36. The van der Waals surface area contributed by atoms with E-state index in [4.69, 9.17) is 0 Å². The van der Waals surface area contributed by atoms with Crippen molar-refractivity contribution in [1.82, 2.24) is 0 Å². The van der Waals surface area contributed by atoms with Crippen molar-refractivity contribution in [2.24, 2.45) is 5.10 Å². The van der Waals surface area contributed by atoms with Crippen LogP contribution >= 0.6 is 0 Å². The summed E-state index contributed by atoms with van der Waals surface area (Å²) in [6, 6.07) is 14.4. The topological polar surface area (TPSA) is 24.4 Å². The summed E-state index contributed by atoms with van der Waals surface area (Å²) in [5, 5.41) is 4.42. The van der Waals surface area contributed by atoms with E-state index in [1.54, 1.807) is 12.1 Å². The Morgan fingerprint density at radius 3 is 2.42 bits per heavy atom. The first-order valence-corrected chi connectivity index (χ1v) is 6.35. The molecule has 19 heavy (non-hydrogen) atoms. The number of hydrazone groups is 1. The average molecular weight is 256 g/mol. The number of anilines is 1. The molecule has 0 saturated heterocycles. The Kier molecular flexibility index (Phi) is 4.29. The fourth-order valence-corrected chi connectivity index (χ4v) is 1.82. The third kappa shape index (κ3) is 3.41. The lowest BCUT2D eigenvalue weighted by Crippen LogP contribution is -2.03. The molecule has 0 amide bonds. The Hall–Kier alpha value is -2.16. The number of nitrogens with zero attached hydrogens (tertiary/aromatic N) is 1. The minimum atomic E-state index is -0.230. The van der Waals surface area contributed by atoms with Crippen LogP contribution in [0, 0.1) is 12.7 Å². The monoisotopic (exact) mass is 256 g/mol. The van der Waals surface area contributed by atoms with Crippen molar-refractivity contribution in [2.45, 2.75) is 20.3 Å². The molecule has 0 heterocycles. The van der Waals surface area contributed by atoms with E-state index in [0.717, 1.165) is 28.9 Å². The molecule has 2 aromatic rings. The fraction of sp³-hybridized carbons (Fsp3) is 0.188. The van der Waals surface area contributed by atoms with Crippen LogP contribution in [0.3, 0.4) is 0 Å². The molecule has 98 valence electrons. The van der Waals surface area contributed by atoms with Gasteiger partial charge >= 0.3 is 0 Å². The molecule has 3 heteroatoms. The molecule has 0 saturated carbocycles. The molecule has 2 nitrogen and oxygen atoms in total. The Balaban J connectivity index is 2.20. The van der Waals surface area contributed by atoms with Gasteiger partial charge in [0, 0.05) is 0 Å². The van der Waals surface area contributed by atoms with E-state index in [1.807, 2.05) is 38.1 Å². The molecule has 2 aromatic carbocycles. The van der Waals surface area contributed by atoms with Crippen molar-refractivity contribution in [3.63, 3.8) is 0 Å². The van der Waals surface area contributed by atoms with E-state index >= 15 is 0 Å². The van der Waals surface area contributed by atoms with E-state index in [1.165, 1.54) is 12.1 Å². The zero-order valence-corrected chi connectivity index (χ0v) is 11.2. The normalized spacial score (nSPS) is 11.4. The van der Waals surface area contributed by atoms with E-state index in [-0.39, 0.29) is 5.82 Å². The average Bonchev–Trinajstić information content (AvgIpc) is 2.43. The molecular formula is C16H17FN2. The highest BCUT2D eigenvalue weighted by Crippen LogP contribution is 2.14. The van der Waals surface area contributed by atoms with Crippen LogP contribution < -0.4 is 5.43 Å². The third-order valence-corrected chi connectivity index (χ3v) is 2.97. The molecule has 0 aliphatic heterocycles. The summed E-state index contributed by atoms with van der Waals surface area (Å²) in [6.07, 6.45) is 0.782. The van der Waals surface area contributed by atoms with Crippen LogP contribution in [0.1, 0.15) is 24.5 Å². The smallest absolute Gasteiger partial charge is 0.123 e. The largest absolute Gasteiger partial charge is 0.278 e. The van der Waals surface area contributed by atoms with Crippen LogP contribution in [0.15, 0.2) is 53.6 Å². The molecule has 2 rings (SSSR count). The third-order valence-electron chi connectivity index (χ3n) is 2.97. The Morgan fingerprint density at radius 1 is 1.11 bits per heavy atom. The van der Waals surface area contributed by atoms with Gasteiger partial charge in [0.05, 0.1) is 11.4 Å². The number of hydrogen-bond acceptors (Lipinski definition) is 2. The lowest BCUT2D eigenvalue weighted by atomic mass is 10.1. The van der Waals surface area contributed by atoms with Gasteiger partial charge in [-0.1, -0.05) is 37.3 Å².